The van der Waals surface area contributed by atoms with Gasteiger partial charge >= 0.3 is 6.01 Å². The number of pyridine rings is 1. The lowest BCUT2D eigenvalue weighted by Gasteiger charge is -2.23. The van der Waals surface area contributed by atoms with E-state index in [1.165, 1.54) is 0 Å². The molecule has 9 heteroatoms. The first kappa shape index (κ1) is 22.6. The maximum atomic E-state index is 16.3. The average Bonchev–Trinajstić information content (AvgIpc) is 3.23. The van der Waals surface area contributed by atoms with E-state index in [9.17, 15) is 5.11 Å². The van der Waals surface area contributed by atoms with Gasteiger partial charge < -0.3 is 25.4 Å². The minimum Gasteiger partial charge on any atom is -0.508 e. The number of phenolic OH excluding ortho intramolecular Hbond substituents is 1. The number of ether oxygens (including phenoxy) is 1. The molecule has 1 saturated carbocycles. The minimum absolute atomic E-state index is 0.0516. The fourth-order valence-electron chi connectivity index (χ4n) is 6.11. The Bertz CT molecular complexity index is 1520. The number of likely N-dealkylation sites (tertiary alicyclic amines) is 1. The van der Waals surface area contributed by atoms with Crippen molar-refractivity contribution in [3.05, 3.63) is 48.4 Å². The number of benzene rings is 2. The first-order chi connectivity index (χ1) is 18.0. The van der Waals surface area contributed by atoms with Gasteiger partial charge in [0.15, 0.2) is 5.82 Å². The maximum Gasteiger partial charge on any atom is 0.319 e. The van der Waals surface area contributed by atoms with Crippen LogP contribution in [0.3, 0.4) is 0 Å². The zero-order valence-corrected chi connectivity index (χ0v) is 20.6. The summed E-state index contributed by atoms with van der Waals surface area (Å²) in [6, 6.07) is 11.4. The van der Waals surface area contributed by atoms with E-state index in [-0.39, 0.29) is 35.1 Å². The standard InChI is InChI=1S/C28H29FN6O2/c1-34-8-4-6-16(34)14-37-28-32-26-20(27(33-28)35-12-21-22(13-35)24(21)30)11-31-25(23(26)29)19-10-17(36)9-15-5-2-3-7-18(15)19/h2-3,5,7,9-11,16,21-22,24,36H,4,6,8,12-14,30H2,1H3/t16-,21-,22+,24?/m0/s1. The topological polar surface area (TPSA) is 101 Å². The van der Waals surface area contributed by atoms with Gasteiger partial charge in [0, 0.05) is 36.9 Å². The van der Waals surface area contributed by atoms with Gasteiger partial charge in [0.05, 0.1) is 5.39 Å². The van der Waals surface area contributed by atoms with Gasteiger partial charge in [-0.2, -0.15) is 9.97 Å². The average molecular weight is 501 g/mol. The predicted molar refractivity (Wildman–Crippen MR) is 140 cm³/mol. The second-order valence-electron chi connectivity index (χ2n) is 10.6. The number of halogens is 1. The van der Waals surface area contributed by atoms with Crippen molar-refractivity contribution in [2.75, 3.05) is 38.2 Å². The Morgan fingerprint density at radius 1 is 1.14 bits per heavy atom. The van der Waals surface area contributed by atoms with Crippen LogP contribution in [0.2, 0.25) is 0 Å². The highest BCUT2D eigenvalue weighted by molar-refractivity contribution is 5.99. The predicted octanol–water partition coefficient (Wildman–Crippen LogP) is 3.56. The number of aromatic nitrogens is 3. The zero-order chi connectivity index (χ0) is 25.3. The van der Waals surface area contributed by atoms with Gasteiger partial charge in [-0.25, -0.2) is 4.39 Å². The Kier molecular flexibility index (Phi) is 5.19. The van der Waals surface area contributed by atoms with E-state index < -0.39 is 5.82 Å². The monoisotopic (exact) mass is 500 g/mol. The molecule has 3 aliphatic rings. The van der Waals surface area contributed by atoms with Crippen LogP contribution in [0.1, 0.15) is 12.8 Å². The van der Waals surface area contributed by atoms with Gasteiger partial charge in [0.2, 0.25) is 0 Å². The summed E-state index contributed by atoms with van der Waals surface area (Å²) in [5, 5.41) is 12.5. The molecule has 0 amide bonds. The van der Waals surface area contributed by atoms with Gasteiger partial charge in [-0.05, 0) is 61.2 Å². The van der Waals surface area contributed by atoms with Crippen molar-refractivity contribution in [3.8, 4) is 23.0 Å². The van der Waals surface area contributed by atoms with Crippen LogP contribution < -0.4 is 15.4 Å². The molecular formula is C28H29FN6O2. The van der Waals surface area contributed by atoms with E-state index in [0.29, 0.717) is 35.2 Å². The Morgan fingerprint density at radius 3 is 2.73 bits per heavy atom. The SMILES string of the molecule is CN1CCC[C@H]1COc1nc(N2C[C@@H]3C(N)[C@@H]3C2)c2cnc(-c3cc(O)cc4ccccc34)c(F)c2n1. The lowest BCUT2D eigenvalue weighted by atomic mass is 10.0. The molecule has 8 nitrogen and oxygen atoms in total. The second kappa shape index (κ2) is 8.49. The first-order valence-corrected chi connectivity index (χ1v) is 12.9. The molecule has 4 aromatic rings. The number of rotatable bonds is 5. The number of nitrogens with two attached hydrogens (primary N) is 1. The third-order valence-corrected chi connectivity index (χ3v) is 8.38. The first-order valence-electron chi connectivity index (χ1n) is 12.9. The highest BCUT2D eigenvalue weighted by Gasteiger charge is 2.54. The molecule has 0 radical (unpaired) electrons. The molecule has 2 saturated heterocycles. The molecule has 3 fully saturated rings. The van der Waals surface area contributed by atoms with Crippen molar-refractivity contribution in [2.45, 2.75) is 24.9 Å². The van der Waals surface area contributed by atoms with Crippen LogP contribution in [0, 0.1) is 17.7 Å². The van der Waals surface area contributed by atoms with Crippen molar-refractivity contribution in [3.63, 3.8) is 0 Å². The number of anilines is 1. The smallest absolute Gasteiger partial charge is 0.319 e. The molecule has 37 heavy (non-hydrogen) atoms. The van der Waals surface area contributed by atoms with Gasteiger partial charge in [-0.1, -0.05) is 24.3 Å². The summed E-state index contributed by atoms with van der Waals surface area (Å²) in [4.78, 5) is 18.2. The summed E-state index contributed by atoms with van der Waals surface area (Å²) in [5.74, 6) is 1.02. The summed E-state index contributed by atoms with van der Waals surface area (Å²) in [5.41, 5.74) is 6.99. The molecule has 0 spiro atoms. The highest BCUT2D eigenvalue weighted by Crippen LogP contribution is 2.46. The molecule has 0 bridgehead atoms. The molecule has 2 aromatic carbocycles. The fraction of sp³-hybridized carbons (Fsp3) is 0.393. The molecule has 190 valence electrons. The Hall–Kier alpha value is -3.56. The highest BCUT2D eigenvalue weighted by atomic mass is 19.1. The van der Waals surface area contributed by atoms with Crippen molar-refractivity contribution >= 4 is 27.5 Å². The number of aromatic hydroxyl groups is 1. The quantitative estimate of drug-likeness (QED) is 0.429. The van der Waals surface area contributed by atoms with Gasteiger partial charge in [0.25, 0.3) is 0 Å². The van der Waals surface area contributed by atoms with Gasteiger partial charge in [0.1, 0.15) is 29.4 Å². The minimum atomic E-state index is -0.555. The lowest BCUT2D eigenvalue weighted by molar-refractivity contribution is 0.188. The molecule has 7 rings (SSSR count). The Morgan fingerprint density at radius 2 is 1.95 bits per heavy atom. The van der Waals surface area contributed by atoms with Crippen molar-refractivity contribution in [1.82, 2.24) is 19.9 Å². The van der Waals surface area contributed by atoms with E-state index in [4.69, 9.17) is 15.5 Å². The van der Waals surface area contributed by atoms with Gasteiger partial charge in [-0.3, -0.25) is 4.98 Å². The number of hydrogen-bond acceptors (Lipinski definition) is 8. The summed E-state index contributed by atoms with van der Waals surface area (Å²) in [7, 11) is 2.09. The summed E-state index contributed by atoms with van der Waals surface area (Å²) < 4.78 is 22.4. The number of likely N-dealkylation sites (N-methyl/N-ethyl adjacent to an activating group) is 1. The van der Waals surface area contributed by atoms with E-state index in [1.807, 2.05) is 24.3 Å². The van der Waals surface area contributed by atoms with E-state index in [2.05, 4.69) is 26.8 Å². The van der Waals surface area contributed by atoms with Crippen LogP contribution in [-0.2, 0) is 0 Å². The summed E-state index contributed by atoms with van der Waals surface area (Å²) in [6.45, 7) is 3.05. The van der Waals surface area contributed by atoms with Crippen molar-refractivity contribution < 1.29 is 14.2 Å². The second-order valence-corrected chi connectivity index (χ2v) is 10.6. The van der Waals surface area contributed by atoms with Gasteiger partial charge in [-0.15, -0.1) is 0 Å². The van der Waals surface area contributed by atoms with Crippen molar-refractivity contribution in [2.24, 2.45) is 17.6 Å². The van der Waals surface area contributed by atoms with Crippen LogP contribution in [0.25, 0.3) is 32.9 Å². The van der Waals surface area contributed by atoms with E-state index in [0.717, 1.165) is 43.2 Å². The van der Waals surface area contributed by atoms with Crippen LogP contribution in [0.5, 0.6) is 11.8 Å². The lowest BCUT2D eigenvalue weighted by Crippen LogP contribution is -2.31. The fourth-order valence-corrected chi connectivity index (χ4v) is 6.11. The van der Waals surface area contributed by atoms with Crippen LogP contribution >= 0.6 is 0 Å². The van der Waals surface area contributed by atoms with E-state index >= 15 is 4.39 Å². The van der Waals surface area contributed by atoms with E-state index in [1.54, 1.807) is 18.3 Å². The number of hydrogen-bond donors (Lipinski definition) is 2. The number of nitrogens with zero attached hydrogens (tertiary/aromatic N) is 5. The number of phenols is 1. The molecular weight excluding hydrogens is 471 g/mol. The number of fused-ring (bicyclic) bond motifs is 3. The van der Waals surface area contributed by atoms with Crippen molar-refractivity contribution in [1.29, 1.82) is 0 Å². The normalized spacial score (nSPS) is 25.2. The molecule has 4 atom stereocenters. The zero-order valence-electron chi connectivity index (χ0n) is 20.6. The molecule has 1 unspecified atom stereocenters. The molecule has 1 aliphatic carbocycles. The Labute approximate surface area is 213 Å². The number of piperidine rings is 1. The third kappa shape index (κ3) is 3.76. The summed E-state index contributed by atoms with van der Waals surface area (Å²) >= 11 is 0. The molecule has 2 aliphatic heterocycles. The van der Waals surface area contributed by atoms with Crippen LogP contribution in [0.15, 0.2) is 42.6 Å². The molecule has 4 heterocycles. The van der Waals surface area contributed by atoms with Crippen LogP contribution in [-0.4, -0.2) is 70.3 Å². The summed E-state index contributed by atoms with van der Waals surface area (Å²) in [6.07, 6.45) is 3.82. The molecule has 2 aromatic heterocycles. The van der Waals surface area contributed by atoms with Crippen LogP contribution in [0.4, 0.5) is 10.2 Å². The maximum absolute atomic E-state index is 16.3. The third-order valence-electron chi connectivity index (χ3n) is 8.38. The molecule has 3 N–H and O–H groups in total. The Balaban J connectivity index is 1.34. The largest absolute Gasteiger partial charge is 0.508 e.